The maximum atomic E-state index is 12.9. The van der Waals surface area contributed by atoms with Crippen LogP contribution in [0.4, 0.5) is 0 Å². The lowest BCUT2D eigenvalue weighted by molar-refractivity contribution is -0.126. The molecule has 2 aliphatic heterocycles. The smallest absolute Gasteiger partial charge is 0.225 e. The van der Waals surface area contributed by atoms with Crippen molar-refractivity contribution in [3.63, 3.8) is 0 Å². The first-order valence-corrected chi connectivity index (χ1v) is 9.57. The molecule has 24 heavy (non-hydrogen) atoms. The fraction of sp³-hybridized carbons (Fsp3) is 0.400. The second-order valence-corrected chi connectivity index (χ2v) is 8.12. The summed E-state index contributed by atoms with van der Waals surface area (Å²) in [5, 5.41) is 3.22. The number of allylic oxidation sites excluding steroid dienone is 3. The van der Waals surface area contributed by atoms with E-state index in [0.717, 1.165) is 24.2 Å². The molecule has 1 aromatic rings. The van der Waals surface area contributed by atoms with Gasteiger partial charge < -0.3 is 5.32 Å². The molecule has 4 unspecified atom stereocenters. The molecule has 1 aromatic carbocycles. The number of thioether (sulfide) groups is 1. The molecule has 124 valence electrons. The summed E-state index contributed by atoms with van der Waals surface area (Å²) in [5.74, 6) is 1.31. The summed E-state index contributed by atoms with van der Waals surface area (Å²) in [7, 11) is 0. The zero-order chi connectivity index (χ0) is 16.6. The van der Waals surface area contributed by atoms with E-state index in [-0.39, 0.29) is 28.5 Å². The highest BCUT2D eigenvalue weighted by Crippen LogP contribution is 2.53. The predicted molar refractivity (Wildman–Crippen MR) is 100 cm³/mol. The van der Waals surface area contributed by atoms with Crippen LogP contribution in [0.25, 0.3) is 0 Å². The van der Waals surface area contributed by atoms with Crippen molar-refractivity contribution in [2.24, 2.45) is 16.8 Å². The van der Waals surface area contributed by atoms with Crippen molar-refractivity contribution in [3.8, 4) is 0 Å². The van der Waals surface area contributed by atoms with Gasteiger partial charge in [0.25, 0.3) is 0 Å². The van der Waals surface area contributed by atoms with E-state index in [4.69, 9.17) is 0 Å². The molecule has 1 N–H and O–H groups in total. The Morgan fingerprint density at radius 3 is 3.00 bits per heavy atom. The summed E-state index contributed by atoms with van der Waals surface area (Å²) in [4.78, 5) is 17.6. The molecule has 0 saturated carbocycles. The van der Waals surface area contributed by atoms with Crippen molar-refractivity contribution < 1.29 is 4.79 Å². The maximum Gasteiger partial charge on any atom is 0.225 e. The third-order valence-electron chi connectivity index (χ3n) is 5.40. The van der Waals surface area contributed by atoms with Gasteiger partial charge >= 0.3 is 0 Å². The number of carbonyl (C=O) groups excluding carboxylic acids is 1. The van der Waals surface area contributed by atoms with Gasteiger partial charge in [0.1, 0.15) is 0 Å². The number of amides is 1. The second-order valence-electron chi connectivity index (χ2n) is 6.77. The Labute approximate surface area is 147 Å². The zero-order valence-electron chi connectivity index (χ0n) is 13.8. The Morgan fingerprint density at radius 1 is 1.33 bits per heavy atom. The van der Waals surface area contributed by atoms with E-state index in [1.165, 1.54) is 5.71 Å². The highest BCUT2D eigenvalue weighted by atomic mass is 32.2. The van der Waals surface area contributed by atoms with Crippen LogP contribution in [0.3, 0.4) is 0 Å². The number of nitrogens with one attached hydrogen (secondary N) is 1. The number of rotatable bonds is 3. The third-order valence-corrected chi connectivity index (χ3v) is 7.11. The molecular weight excluding hydrogens is 316 g/mol. The fourth-order valence-corrected chi connectivity index (χ4v) is 5.83. The lowest BCUT2D eigenvalue weighted by Gasteiger charge is -2.38. The summed E-state index contributed by atoms with van der Waals surface area (Å²) in [6.45, 7) is 2.05. The van der Waals surface area contributed by atoms with Crippen molar-refractivity contribution in [2.45, 2.75) is 30.6 Å². The molecule has 4 atom stereocenters. The molecule has 0 bridgehead atoms. The standard InChI is InChI=1S/C20H22N2OS/c1-14(15-7-3-2-4-8-15)22-19(23)16-13-24-20-11-6-5-9-18(20)21-12-10-17(16)20/h2-8,10,12,14,16-17H,9,11,13H2,1H3,(H,22,23). The van der Waals surface area contributed by atoms with E-state index in [9.17, 15) is 4.79 Å². The Morgan fingerprint density at radius 2 is 2.17 bits per heavy atom. The van der Waals surface area contributed by atoms with Gasteiger partial charge in [-0.1, -0.05) is 48.6 Å². The summed E-state index contributed by atoms with van der Waals surface area (Å²) >= 11 is 1.92. The minimum Gasteiger partial charge on any atom is -0.349 e. The lowest BCUT2D eigenvalue weighted by Crippen LogP contribution is -2.46. The molecule has 4 rings (SSSR count). The molecule has 1 amide bonds. The number of aliphatic imine (C=N–C) groups is 1. The highest BCUT2D eigenvalue weighted by molar-refractivity contribution is 8.01. The Hall–Kier alpha value is -1.81. The Kier molecular flexibility index (Phi) is 4.09. The molecule has 1 saturated heterocycles. The number of carbonyl (C=O) groups is 1. The van der Waals surface area contributed by atoms with Crippen molar-refractivity contribution in [2.75, 3.05) is 5.75 Å². The Bertz CT molecular complexity index is 724. The van der Waals surface area contributed by atoms with Gasteiger partial charge in [-0.3, -0.25) is 9.79 Å². The molecule has 1 spiro atoms. The average molecular weight is 338 g/mol. The van der Waals surface area contributed by atoms with Crippen LogP contribution in [0.1, 0.15) is 31.4 Å². The average Bonchev–Trinajstić information content (AvgIpc) is 3.00. The topological polar surface area (TPSA) is 41.5 Å². The van der Waals surface area contributed by atoms with Gasteiger partial charge in [0, 0.05) is 30.0 Å². The predicted octanol–water partition coefficient (Wildman–Crippen LogP) is 3.90. The van der Waals surface area contributed by atoms with Gasteiger partial charge in [-0.2, -0.15) is 0 Å². The monoisotopic (exact) mass is 338 g/mol. The third kappa shape index (κ3) is 2.53. The number of hydrogen-bond acceptors (Lipinski definition) is 3. The number of nitrogens with zero attached hydrogens (tertiary/aromatic N) is 1. The van der Waals surface area contributed by atoms with Crippen LogP contribution in [0.15, 0.2) is 59.8 Å². The molecule has 4 heteroatoms. The van der Waals surface area contributed by atoms with Gasteiger partial charge in [-0.05, 0) is 18.9 Å². The molecule has 2 heterocycles. The lowest BCUT2D eigenvalue weighted by atomic mass is 9.73. The highest BCUT2D eigenvalue weighted by Gasteiger charge is 2.54. The Balaban J connectivity index is 1.51. The first-order chi connectivity index (χ1) is 11.7. The summed E-state index contributed by atoms with van der Waals surface area (Å²) < 4.78 is 0.0154. The van der Waals surface area contributed by atoms with Crippen molar-refractivity contribution in [1.82, 2.24) is 5.32 Å². The quantitative estimate of drug-likeness (QED) is 0.849. The van der Waals surface area contributed by atoms with Crippen LogP contribution < -0.4 is 5.32 Å². The molecule has 3 nitrogen and oxygen atoms in total. The molecule has 0 radical (unpaired) electrons. The van der Waals surface area contributed by atoms with Crippen LogP contribution in [0.5, 0.6) is 0 Å². The van der Waals surface area contributed by atoms with Crippen molar-refractivity contribution in [3.05, 3.63) is 60.3 Å². The van der Waals surface area contributed by atoms with Crippen LogP contribution in [0, 0.1) is 11.8 Å². The van der Waals surface area contributed by atoms with E-state index in [1.807, 2.05) is 36.2 Å². The normalized spacial score (nSPS) is 31.8. The van der Waals surface area contributed by atoms with Gasteiger partial charge in [-0.25, -0.2) is 0 Å². The molecule has 3 aliphatic rings. The minimum absolute atomic E-state index is 0.0154. The van der Waals surface area contributed by atoms with Crippen LogP contribution in [-0.4, -0.2) is 22.1 Å². The summed E-state index contributed by atoms with van der Waals surface area (Å²) in [6.07, 6.45) is 10.4. The van der Waals surface area contributed by atoms with Gasteiger partial charge in [-0.15, -0.1) is 11.8 Å². The SMILES string of the molecule is CC(NC(=O)C1CSC23CC=CCC2=NC=CC13)c1ccccc1. The number of hydrogen-bond donors (Lipinski definition) is 1. The van der Waals surface area contributed by atoms with Gasteiger partial charge in [0.2, 0.25) is 5.91 Å². The summed E-state index contributed by atoms with van der Waals surface area (Å²) in [5.41, 5.74) is 2.39. The largest absolute Gasteiger partial charge is 0.349 e. The molecule has 0 aromatic heterocycles. The molecule has 1 aliphatic carbocycles. The van der Waals surface area contributed by atoms with E-state index in [1.54, 1.807) is 0 Å². The van der Waals surface area contributed by atoms with E-state index in [0.29, 0.717) is 0 Å². The van der Waals surface area contributed by atoms with Crippen LogP contribution in [-0.2, 0) is 4.79 Å². The van der Waals surface area contributed by atoms with E-state index >= 15 is 0 Å². The first kappa shape index (κ1) is 15.7. The second kappa shape index (κ2) is 6.25. The van der Waals surface area contributed by atoms with Crippen molar-refractivity contribution in [1.29, 1.82) is 0 Å². The maximum absolute atomic E-state index is 12.9. The van der Waals surface area contributed by atoms with Crippen LogP contribution in [0.2, 0.25) is 0 Å². The van der Waals surface area contributed by atoms with E-state index in [2.05, 4.69) is 47.6 Å². The summed E-state index contributed by atoms with van der Waals surface area (Å²) in [6, 6.07) is 10.2. The fourth-order valence-electron chi connectivity index (χ4n) is 4.04. The van der Waals surface area contributed by atoms with Gasteiger partial charge in [0.05, 0.1) is 16.7 Å². The zero-order valence-corrected chi connectivity index (χ0v) is 14.6. The van der Waals surface area contributed by atoms with Gasteiger partial charge in [0.15, 0.2) is 0 Å². The van der Waals surface area contributed by atoms with Crippen LogP contribution >= 0.6 is 11.8 Å². The minimum atomic E-state index is 0.0154. The first-order valence-electron chi connectivity index (χ1n) is 8.59. The molecular formula is C20H22N2OS. The number of benzene rings is 1. The van der Waals surface area contributed by atoms with E-state index < -0.39 is 0 Å². The molecule has 1 fully saturated rings. The van der Waals surface area contributed by atoms with Crippen molar-refractivity contribution >= 4 is 23.4 Å².